The number of likely N-dealkylation sites (tertiary alicyclic amines) is 1. The normalized spacial score (nSPS) is 24.0. The van der Waals surface area contributed by atoms with Crippen LogP contribution < -0.4 is 10.2 Å². The highest BCUT2D eigenvalue weighted by Gasteiger charge is 2.26. The molecule has 2 aromatic heterocycles. The summed E-state index contributed by atoms with van der Waals surface area (Å²) >= 11 is 0. The molecule has 21 heavy (non-hydrogen) atoms. The van der Waals surface area contributed by atoms with Crippen molar-refractivity contribution in [2.75, 3.05) is 44.7 Å². The Kier molecular flexibility index (Phi) is 3.27. The van der Waals surface area contributed by atoms with E-state index in [0.29, 0.717) is 6.04 Å². The van der Waals surface area contributed by atoms with E-state index < -0.39 is 0 Å². The van der Waals surface area contributed by atoms with E-state index in [2.05, 4.69) is 39.4 Å². The van der Waals surface area contributed by atoms with Crippen molar-refractivity contribution in [3.8, 4) is 0 Å². The molecule has 2 aromatic rings. The molecule has 0 aromatic carbocycles. The number of hydrogen-bond donors (Lipinski definition) is 1. The highest BCUT2D eigenvalue weighted by atomic mass is 15.3. The van der Waals surface area contributed by atoms with E-state index in [1.165, 1.54) is 12.1 Å². The van der Waals surface area contributed by atoms with E-state index in [0.717, 1.165) is 50.6 Å². The van der Waals surface area contributed by atoms with Crippen LogP contribution in [0.5, 0.6) is 0 Å². The van der Waals surface area contributed by atoms with Crippen LogP contribution in [0, 0.1) is 0 Å². The van der Waals surface area contributed by atoms with Crippen LogP contribution in [-0.4, -0.2) is 59.3 Å². The molecule has 0 spiro atoms. The van der Waals surface area contributed by atoms with Crippen LogP contribution in [0.2, 0.25) is 0 Å². The maximum absolute atomic E-state index is 4.77. The zero-order valence-electron chi connectivity index (χ0n) is 12.5. The monoisotopic (exact) mass is 286 g/mol. The molecule has 0 radical (unpaired) electrons. The Labute approximate surface area is 124 Å². The predicted molar refractivity (Wildman–Crippen MR) is 82.7 cm³/mol. The number of rotatable bonds is 2. The van der Waals surface area contributed by atoms with Crippen LogP contribution in [0.3, 0.4) is 0 Å². The number of nitrogens with one attached hydrogen (secondary N) is 1. The molecule has 2 saturated heterocycles. The van der Waals surface area contributed by atoms with Crippen molar-refractivity contribution in [1.82, 2.24) is 24.8 Å². The molecule has 1 unspecified atom stereocenters. The second-order valence-corrected chi connectivity index (χ2v) is 6.03. The van der Waals surface area contributed by atoms with Gasteiger partial charge < -0.3 is 10.2 Å². The Morgan fingerprint density at radius 3 is 2.86 bits per heavy atom. The topological polar surface area (TPSA) is 48.7 Å². The lowest BCUT2D eigenvalue weighted by Gasteiger charge is -2.29. The first-order valence-electron chi connectivity index (χ1n) is 7.83. The second kappa shape index (κ2) is 5.27. The van der Waals surface area contributed by atoms with Gasteiger partial charge in [-0.1, -0.05) is 0 Å². The number of hydrogen-bond acceptors (Lipinski definition) is 5. The van der Waals surface area contributed by atoms with Gasteiger partial charge in [0.25, 0.3) is 0 Å². The van der Waals surface area contributed by atoms with Crippen molar-refractivity contribution >= 4 is 11.3 Å². The summed E-state index contributed by atoms with van der Waals surface area (Å²) < 4.78 is 1.91. The molecule has 1 N–H and O–H groups in total. The summed E-state index contributed by atoms with van der Waals surface area (Å²) in [5, 5.41) is 8.05. The summed E-state index contributed by atoms with van der Waals surface area (Å²) in [4.78, 5) is 9.53. The molecule has 0 saturated carbocycles. The van der Waals surface area contributed by atoms with Crippen molar-refractivity contribution in [2.24, 2.45) is 0 Å². The Balaban J connectivity index is 1.64. The fourth-order valence-corrected chi connectivity index (χ4v) is 3.39. The molecule has 4 heterocycles. The van der Waals surface area contributed by atoms with Gasteiger partial charge in [0.1, 0.15) is 0 Å². The molecule has 0 aliphatic carbocycles. The highest BCUT2D eigenvalue weighted by molar-refractivity contribution is 5.56. The average Bonchev–Trinajstić information content (AvgIpc) is 3.12. The number of aromatic nitrogens is 3. The number of piperazine rings is 1. The number of anilines is 1. The summed E-state index contributed by atoms with van der Waals surface area (Å²) in [5.74, 6) is 0.965. The van der Waals surface area contributed by atoms with Gasteiger partial charge in [-0.15, -0.1) is 5.10 Å². The van der Waals surface area contributed by atoms with E-state index in [1.54, 1.807) is 0 Å². The zero-order valence-corrected chi connectivity index (χ0v) is 12.5. The molecule has 0 bridgehead atoms. The Morgan fingerprint density at radius 2 is 2.10 bits per heavy atom. The molecule has 4 rings (SSSR count). The van der Waals surface area contributed by atoms with Crippen molar-refractivity contribution < 1.29 is 0 Å². The van der Waals surface area contributed by atoms with Gasteiger partial charge in [0, 0.05) is 44.1 Å². The second-order valence-electron chi connectivity index (χ2n) is 6.03. The first-order valence-corrected chi connectivity index (χ1v) is 7.83. The molecule has 6 heteroatoms. The van der Waals surface area contributed by atoms with E-state index in [1.807, 2.05) is 10.7 Å². The number of fused-ring (bicyclic) bond motifs is 1. The lowest BCUT2D eigenvalue weighted by molar-refractivity contribution is 0.306. The summed E-state index contributed by atoms with van der Waals surface area (Å²) in [6.07, 6.45) is 4.44. The van der Waals surface area contributed by atoms with Crippen LogP contribution >= 0.6 is 0 Å². The minimum atomic E-state index is 0.382. The molecule has 0 amide bonds. The standard InChI is InChI=1S/C15H22N6/c1-19-7-2-3-13(19)15-17-14-11-12(4-8-21(14)18-15)20-9-5-16-6-10-20/h4,8,11,13,16H,2-3,5-7,9-10H2,1H3. The molecule has 6 nitrogen and oxygen atoms in total. The smallest absolute Gasteiger partial charge is 0.168 e. The van der Waals surface area contributed by atoms with Crippen LogP contribution in [0.1, 0.15) is 24.7 Å². The van der Waals surface area contributed by atoms with Crippen LogP contribution in [0.25, 0.3) is 5.65 Å². The summed E-state index contributed by atoms with van der Waals surface area (Å²) in [5.41, 5.74) is 2.21. The molecule has 2 aliphatic rings. The third-order valence-electron chi connectivity index (χ3n) is 4.64. The summed E-state index contributed by atoms with van der Waals surface area (Å²) in [6, 6.07) is 4.69. The molecule has 1 atom stereocenters. The highest BCUT2D eigenvalue weighted by Crippen LogP contribution is 2.28. The van der Waals surface area contributed by atoms with E-state index >= 15 is 0 Å². The Bertz CT molecular complexity index is 630. The van der Waals surface area contributed by atoms with Gasteiger partial charge in [-0.2, -0.15) is 0 Å². The Morgan fingerprint density at radius 1 is 1.24 bits per heavy atom. The van der Waals surface area contributed by atoms with Gasteiger partial charge >= 0.3 is 0 Å². The molecule has 2 fully saturated rings. The average molecular weight is 286 g/mol. The van der Waals surface area contributed by atoms with Gasteiger partial charge in [-0.3, -0.25) is 4.90 Å². The van der Waals surface area contributed by atoms with Crippen LogP contribution in [0.4, 0.5) is 5.69 Å². The quantitative estimate of drug-likeness (QED) is 0.889. The number of nitrogens with zero attached hydrogens (tertiary/aromatic N) is 5. The van der Waals surface area contributed by atoms with Gasteiger partial charge in [0.15, 0.2) is 11.5 Å². The zero-order chi connectivity index (χ0) is 14.2. The fourth-order valence-electron chi connectivity index (χ4n) is 3.39. The first kappa shape index (κ1) is 13.0. The van der Waals surface area contributed by atoms with Crippen molar-refractivity contribution in [3.05, 3.63) is 24.2 Å². The predicted octanol–water partition coefficient (Wildman–Crippen LogP) is 0.906. The van der Waals surface area contributed by atoms with Crippen molar-refractivity contribution in [2.45, 2.75) is 18.9 Å². The van der Waals surface area contributed by atoms with Crippen molar-refractivity contribution in [1.29, 1.82) is 0 Å². The maximum Gasteiger partial charge on any atom is 0.168 e. The fraction of sp³-hybridized carbons (Fsp3) is 0.600. The number of pyridine rings is 1. The summed E-state index contributed by atoms with van der Waals surface area (Å²) in [6.45, 7) is 5.36. The molecular weight excluding hydrogens is 264 g/mol. The van der Waals surface area contributed by atoms with E-state index in [9.17, 15) is 0 Å². The third kappa shape index (κ3) is 2.38. The minimum Gasteiger partial charge on any atom is -0.369 e. The summed E-state index contributed by atoms with van der Waals surface area (Å²) in [7, 11) is 2.16. The van der Waals surface area contributed by atoms with Gasteiger partial charge in [-0.05, 0) is 32.5 Å². The Hall–Kier alpha value is -1.66. The third-order valence-corrected chi connectivity index (χ3v) is 4.64. The molecule has 112 valence electrons. The van der Waals surface area contributed by atoms with E-state index in [4.69, 9.17) is 4.98 Å². The SMILES string of the molecule is CN1CCCC1c1nc2cc(N3CCNCC3)ccn2n1. The maximum atomic E-state index is 4.77. The van der Waals surface area contributed by atoms with Crippen molar-refractivity contribution in [3.63, 3.8) is 0 Å². The largest absolute Gasteiger partial charge is 0.369 e. The van der Waals surface area contributed by atoms with Crippen LogP contribution in [-0.2, 0) is 0 Å². The van der Waals surface area contributed by atoms with Gasteiger partial charge in [0.2, 0.25) is 0 Å². The van der Waals surface area contributed by atoms with Gasteiger partial charge in [-0.25, -0.2) is 9.50 Å². The lowest BCUT2D eigenvalue weighted by atomic mass is 10.2. The van der Waals surface area contributed by atoms with Gasteiger partial charge in [0.05, 0.1) is 6.04 Å². The lowest BCUT2D eigenvalue weighted by Crippen LogP contribution is -2.43. The molecule has 2 aliphatic heterocycles. The first-order chi connectivity index (χ1) is 10.3. The molecular formula is C15H22N6. The van der Waals surface area contributed by atoms with E-state index in [-0.39, 0.29) is 0 Å². The van der Waals surface area contributed by atoms with Crippen LogP contribution in [0.15, 0.2) is 18.3 Å². The minimum absolute atomic E-state index is 0.382.